The molecule has 0 aliphatic carbocycles. The monoisotopic (exact) mass is 268 g/mol. The van der Waals surface area contributed by atoms with Crippen molar-refractivity contribution >= 4 is 11.3 Å². The van der Waals surface area contributed by atoms with Crippen LogP contribution in [-0.2, 0) is 0 Å². The van der Waals surface area contributed by atoms with Crippen molar-refractivity contribution in [3.05, 3.63) is 22.4 Å². The van der Waals surface area contributed by atoms with Crippen molar-refractivity contribution in [3.8, 4) is 0 Å². The van der Waals surface area contributed by atoms with Gasteiger partial charge < -0.3 is 5.73 Å². The quantitative estimate of drug-likeness (QED) is 0.775. The van der Waals surface area contributed by atoms with Gasteiger partial charge in [0.15, 0.2) is 0 Å². The minimum atomic E-state index is 0.391. The van der Waals surface area contributed by atoms with Crippen LogP contribution in [0.4, 0.5) is 0 Å². The molecule has 0 fully saturated rings. The van der Waals surface area contributed by atoms with E-state index >= 15 is 0 Å². The summed E-state index contributed by atoms with van der Waals surface area (Å²) in [5.41, 5.74) is 6.04. The summed E-state index contributed by atoms with van der Waals surface area (Å²) in [7, 11) is 2.22. The number of rotatable bonds is 8. The van der Waals surface area contributed by atoms with Gasteiger partial charge in [-0.25, -0.2) is 0 Å². The first-order valence-electron chi connectivity index (χ1n) is 6.90. The van der Waals surface area contributed by atoms with Gasteiger partial charge in [-0.15, -0.1) is 11.3 Å². The van der Waals surface area contributed by atoms with E-state index in [0.717, 1.165) is 19.5 Å². The maximum atomic E-state index is 5.65. The van der Waals surface area contributed by atoms with Crippen LogP contribution in [0.2, 0.25) is 0 Å². The van der Waals surface area contributed by atoms with Gasteiger partial charge in [-0.1, -0.05) is 19.9 Å². The van der Waals surface area contributed by atoms with Gasteiger partial charge >= 0.3 is 0 Å². The molecule has 0 bridgehead atoms. The Balaban J connectivity index is 2.31. The lowest BCUT2D eigenvalue weighted by molar-refractivity contribution is 0.229. The van der Waals surface area contributed by atoms with E-state index in [-0.39, 0.29) is 0 Å². The van der Waals surface area contributed by atoms with Gasteiger partial charge in [0.1, 0.15) is 0 Å². The summed E-state index contributed by atoms with van der Waals surface area (Å²) in [6, 6.07) is 4.89. The minimum Gasteiger partial charge on any atom is -0.330 e. The molecule has 1 rings (SSSR count). The van der Waals surface area contributed by atoms with Crippen LogP contribution in [0.15, 0.2) is 17.5 Å². The summed E-state index contributed by atoms with van der Waals surface area (Å²) in [6.07, 6.45) is 3.63. The largest absolute Gasteiger partial charge is 0.330 e. The minimum absolute atomic E-state index is 0.391. The Bertz CT molecular complexity index is 319. The molecule has 0 aliphatic heterocycles. The van der Waals surface area contributed by atoms with Crippen molar-refractivity contribution in [1.29, 1.82) is 0 Å². The van der Waals surface area contributed by atoms with E-state index in [0.29, 0.717) is 11.5 Å². The molecule has 0 aromatic carbocycles. The Morgan fingerprint density at radius 1 is 1.39 bits per heavy atom. The number of nitrogens with zero attached hydrogens (tertiary/aromatic N) is 1. The Morgan fingerprint density at radius 3 is 2.67 bits per heavy atom. The Morgan fingerprint density at radius 2 is 2.11 bits per heavy atom. The van der Waals surface area contributed by atoms with Crippen LogP contribution in [0.3, 0.4) is 0 Å². The number of hydrogen-bond acceptors (Lipinski definition) is 3. The molecule has 1 heterocycles. The molecular weight excluding hydrogens is 240 g/mol. The summed E-state index contributed by atoms with van der Waals surface area (Å²) in [4.78, 5) is 3.91. The van der Waals surface area contributed by atoms with Crippen LogP contribution < -0.4 is 5.73 Å². The molecule has 0 aliphatic rings. The van der Waals surface area contributed by atoms with E-state index in [1.165, 1.54) is 17.7 Å². The first kappa shape index (κ1) is 15.7. The van der Waals surface area contributed by atoms with Crippen molar-refractivity contribution in [2.24, 2.45) is 11.1 Å². The second kappa shape index (κ2) is 7.27. The third-order valence-electron chi connectivity index (χ3n) is 3.80. The smallest absolute Gasteiger partial charge is 0.0410 e. The predicted octanol–water partition coefficient (Wildman–Crippen LogP) is 3.90. The first-order valence-corrected chi connectivity index (χ1v) is 7.78. The maximum Gasteiger partial charge on any atom is 0.0410 e. The zero-order chi connectivity index (χ0) is 13.6. The molecule has 0 radical (unpaired) electrons. The molecule has 0 spiro atoms. The van der Waals surface area contributed by atoms with Crippen LogP contribution in [-0.4, -0.2) is 25.0 Å². The SMILES string of the molecule is CC(c1cccs1)N(C)CCCC(C)(C)CCN. The van der Waals surface area contributed by atoms with Gasteiger partial charge in [0.25, 0.3) is 0 Å². The molecule has 2 N–H and O–H groups in total. The van der Waals surface area contributed by atoms with Crippen molar-refractivity contribution in [2.45, 2.75) is 46.1 Å². The van der Waals surface area contributed by atoms with Crippen molar-refractivity contribution < 1.29 is 0 Å². The van der Waals surface area contributed by atoms with Crippen LogP contribution in [0.1, 0.15) is 51.0 Å². The highest BCUT2D eigenvalue weighted by atomic mass is 32.1. The molecule has 0 saturated heterocycles. The number of nitrogens with two attached hydrogens (primary N) is 1. The highest BCUT2D eigenvalue weighted by Crippen LogP contribution is 2.27. The molecule has 1 aromatic heterocycles. The van der Waals surface area contributed by atoms with Gasteiger partial charge in [-0.05, 0) is 63.2 Å². The number of thiophene rings is 1. The zero-order valence-electron chi connectivity index (χ0n) is 12.3. The molecule has 0 saturated carbocycles. The van der Waals surface area contributed by atoms with Gasteiger partial charge in [-0.3, -0.25) is 4.90 Å². The lowest BCUT2D eigenvalue weighted by atomic mass is 9.84. The molecule has 0 amide bonds. The lowest BCUT2D eigenvalue weighted by Gasteiger charge is -2.27. The lowest BCUT2D eigenvalue weighted by Crippen LogP contribution is -2.25. The molecule has 1 unspecified atom stereocenters. The van der Waals surface area contributed by atoms with E-state index in [9.17, 15) is 0 Å². The molecule has 18 heavy (non-hydrogen) atoms. The maximum absolute atomic E-state index is 5.65. The van der Waals surface area contributed by atoms with Crippen LogP contribution >= 0.6 is 11.3 Å². The fraction of sp³-hybridized carbons (Fsp3) is 0.733. The van der Waals surface area contributed by atoms with E-state index in [2.05, 4.69) is 50.2 Å². The Kier molecular flexibility index (Phi) is 6.33. The Labute approximate surface area is 116 Å². The van der Waals surface area contributed by atoms with Gasteiger partial charge in [0.2, 0.25) is 0 Å². The van der Waals surface area contributed by atoms with Crippen molar-refractivity contribution in [2.75, 3.05) is 20.1 Å². The second-order valence-corrected chi connectivity index (χ2v) is 6.96. The normalized spacial score (nSPS) is 14.1. The fourth-order valence-electron chi connectivity index (χ4n) is 2.26. The predicted molar refractivity (Wildman–Crippen MR) is 82.1 cm³/mol. The summed E-state index contributed by atoms with van der Waals surface area (Å²) >= 11 is 1.85. The van der Waals surface area contributed by atoms with Crippen LogP contribution in [0, 0.1) is 5.41 Å². The fourth-order valence-corrected chi connectivity index (χ4v) is 3.11. The van der Waals surface area contributed by atoms with Crippen molar-refractivity contribution in [3.63, 3.8) is 0 Å². The summed E-state index contributed by atoms with van der Waals surface area (Å²) < 4.78 is 0. The molecule has 1 atom stereocenters. The Hall–Kier alpha value is -0.380. The van der Waals surface area contributed by atoms with Crippen molar-refractivity contribution in [1.82, 2.24) is 4.90 Å². The van der Waals surface area contributed by atoms with Crippen LogP contribution in [0.25, 0.3) is 0 Å². The zero-order valence-corrected chi connectivity index (χ0v) is 13.1. The number of hydrogen-bond donors (Lipinski definition) is 1. The highest BCUT2D eigenvalue weighted by Gasteiger charge is 2.18. The first-order chi connectivity index (χ1) is 8.46. The average Bonchev–Trinajstić information content (AvgIpc) is 2.80. The standard InChI is InChI=1S/C15H28N2S/c1-13(14-7-5-12-18-14)17(4)11-6-8-15(2,3)9-10-16/h5,7,12-13H,6,8-11,16H2,1-4H3. The highest BCUT2D eigenvalue weighted by molar-refractivity contribution is 7.10. The second-order valence-electron chi connectivity index (χ2n) is 5.98. The van der Waals surface area contributed by atoms with Gasteiger partial charge in [-0.2, -0.15) is 0 Å². The van der Waals surface area contributed by atoms with E-state index in [1.54, 1.807) is 0 Å². The summed E-state index contributed by atoms with van der Waals surface area (Å²) in [5, 5.41) is 2.16. The third kappa shape index (κ3) is 5.09. The van der Waals surface area contributed by atoms with Gasteiger partial charge in [0, 0.05) is 10.9 Å². The molecule has 3 heteroatoms. The van der Waals surface area contributed by atoms with Crippen LogP contribution in [0.5, 0.6) is 0 Å². The summed E-state index contributed by atoms with van der Waals surface area (Å²) in [6.45, 7) is 8.89. The topological polar surface area (TPSA) is 29.3 Å². The molecule has 1 aromatic rings. The van der Waals surface area contributed by atoms with E-state index < -0.39 is 0 Å². The average molecular weight is 268 g/mol. The molecular formula is C15H28N2S. The summed E-state index contributed by atoms with van der Waals surface area (Å²) in [5.74, 6) is 0. The van der Waals surface area contributed by atoms with E-state index in [1.807, 2.05) is 11.3 Å². The molecule has 104 valence electrons. The van der Waals surface area contributed by atoms with Gasteiger partial charge in [0.05, 0.1) is 0 Å². The third-order valence-corrected chi connectivity index (χ3v) is 4.84. The molecule has 2 nitrogen and oxygen atoms in total. The van der Waals surface area contributed by atoms with E-state index in [4.69, 9.17) is 5.73 Å².